The topological polar surface area (TPSA) is 61.4 Å². The Morgan fingerprint density at radius 2 is 1.89 bits per heavy atom. The maximum Gasteiger partial charge on any atom is 0.253 e. The number of benzene rings is 1. The van der Waals surface area contributed by atoms with E-state index in [1.165, 1.54) is 12.8 Å². The first-order valence-corrected chi connectivity index (χ1v) is 11.7. The monoisotopic (exact) mass is 443 g/mol. The fraction of sp³-hybridized carbons (Fsp3) is 0.600. The van der Waals surface area contributed by atoms with Crippen LogP contribution in [0, 0.1) is 0 Å². The third kappa shape index (κ3) is 4.96. The Bertz CT molecular complexity index is 719. The summed E-state index contributed by atoms with van der Waals surface area (Å²) in [5, 5.41) is 6.32. The van der Waals surface area contributed by atoms with E-state index in [1.54, 1.807) is 25.1 Å². The lowest BCUT2D eigenvalue weighted by molar-refractivity contribution is -0.123. The van der Waals surface area contributed by atoms with E-state index in [4.69, 9.17) is 23.2 Å². The van der Waals surface area contributed by atoms with Gasteiger partial charge in [-0.15, -0.1) is 0 Å². The minimum Gasteiger partial charge on any atom is -0.352 e. The van der Waals surface area contributed by atoms with Crippen molar-refractivity contribution >= 4 is 46.8 Å². The predicted octanol–water partition coefficient (Wildman–Crippen LogP) is 3.59. The van der Waals surface area contributed by atoms with Crippen LogP contribution in [0.5, 0.6) is 0 Å². The van der Waals surface area contributed by atoms with E-state index in [1.807, 2.05) is 11.8 Å². The van der Waals surface area contributed by atoms with Crippen LogP contribution in [0.2, 0.25) is 10.0 Å². The van der Waals surface area contributed by atoms with Crippen molar-refractivity contribution in [3.8, 4) is 0 Å². The molecule has 1 unspecified atom stereocenters. The lowest BCUT2D eigenvalue weighted by Crippen LogP contribution is -2.58. The summed E-state index contributed by atoms with van der Waals surface area (Å²) in [6, 6.07) is 4.22. The van der Waals surface area contributed by atoms with E-state index in [9.17, 15) is 9.59 Å². The molecule has 0 radical (unpaired) electrons. The first kappa shape index (κ1) is 21.8. The van der Waals surface area contributed by atoms with Crippen LogP contribution in [0.4, 0.5) is 0 Å². The number of carbonyl (C=O) groups is 2. The van der Waals surface area contributed by atoms with Crippen LogP contribution in [0.1, 0.15) is 43.0 Å². The number of thioether (sulfide) groups is 1. The first-order chi connectivity index (χ1) is 13.4. The highest BCUT2D eigenvalue weighted by Crippen LogP contribution is 2.36. The van der Waals surface area contributed by atoms with Crippen molar-refractivity contribution in [1.82, 2.24) is 15.5 Å². The van der Waals surface area contributed by atoms with Gasteiger partial charge in [0.05, 0.1) is 15.6 Å². The van der Waals surface area contributed by atoms with E-state index in [0.29, 0.717) is 11.6 Å². The number of nitrogens with zero attached hydrogens (tertiary/aromatic N) is 1. The Kier molecular flexibility index (Phi) is 7.54. The molecule has 154 valence electrons. The largest absolute Gasteiger partial charge is 0.352 e. The van der Waals surface area contributed by atoms with Gasteiger partial charge in [-0.2, -0.15) is 11.8 Å². The zero-order chi connectivity index (χ0) is 20.1. The van der Waals surface area contributed by atoms with Gasteiger partial charge in [-0.3, -0.25) is 14.5 Å². The molecule has 1 aromatic carbocycles. The fourth-order valence-corrected chi connectivity index (χ4v) is 5.39. The maximum absolute atomic E-state index is 12.6. The van der Waals surface area contributed by atoms with Crippen molar-refractivity contribution in [2.75, 3.05) is 31.1 Å². The van der Waals surface area contributed by atoms with E-state index in [2.05, 4.69) is 15.5 Å². The molecule has 1 saturated carbocycles. The van der Waals surface area contributed by atoms with Crippen LogP contribution in [-0.2, 0) is 4.79 Å². The third-order valence-electron chi connectivity index (χ3n) is 5.74. The molecule has 1 atom stereocenters. The fourth-order valence-electron chi connectivity index (χ4n) is 4.10. The second kappa shape index (κ2) is 9.70. The van der Waals surface area contributed by atoms with Crippen molar-refractivity contribution in [3.63, 3.8) is 0 Å². The highest BCUT2D eigenvalue weighted by Gasteiger charge is 2.40. The molecule has 1 heterocycles. The molecule has 2 N–H and O–H groups in total. The number of carbonyl (C=O) groups excluding carboxylic acids is 2. The summed E-state index contributed by atoms with van der Waals surface area (Å²) >= 11 is 14.1. The molecule has 0 bridgehead atoms. The number of rotatable bonds is 6. The standard InChI is InChI=1S/C20H27Cl2N3O2S/c1-14(24-19(27)15-5-4-6-16(21)17(15)22)18(26)23-13-20(7-2-3-8-20)25-9-11-28-12-10-25/h4-6,14H,2-3,7-13H2,1H3,(H,23,26)(H,24,27). The van der Waals surface area contributed by atoms with Crippen LogP contribution in [0.25, 0.3) is 0 Å². The summed E-state index contributed by atoms with van der Waals surface area (Å²) in [5.41, 5.74) is 0.336. The normalized spacial score (nSPS) is 20.5. The number of nitrogens with one attached hydrogen (secondary N) is 2. The predicted molar refractivity (Wildman–Crippen MR) is 116 cm³/mol. The zero-order valence-corrected chi connectivity index (χ0v) is 18.4. The highest BCUT2D eigenvalue weighted by atomic mass is 35.5. The van der Waals surface area contributed by atoms with Gasteiger partial charge in [-0.05, 0) is 31.9 Å². The van der Waals surface area contributed by atoms with E-state index in [0.717, 1.165) is 37.4 Å². The van der Waals surface area contributed by atoms with Gasteiger partial charge in [0.1, 0.15) is 6.04 Å². The van der Waals surface area contributed by atoms with Crippen molar-refractivity contribution in [2.24, 2.45) is 0 Å². The molecule has 2 aliphatic rings. The second-order valence-electron chi connectivity index (χ2n) is 7.55. The second-order valence-corrected chi connectivity index (χ2v) is 9.56. The lowest BCUT2D eigenvalue weighted by atomic mass is 9.94. The minimum absolute atomic E-state index is 0.0661. The summed E-state index contributed by atoms with van der Waals surface area (Å²) in [6.07, 6.45) is 4.66. The average Bonchev–Trinajstić information content (AvgIpc) is 3.19. The molecule has 5 nitrogen and oxygen atoms in total. The molecule has 0 aromatic heterocycles. The smallest absolute Gasteiger partial charge is 0.253 e. The SMILES string of the molecule is CC(NC(=O)c1cccc(Cl)c1Cl)C(=O)NCC1(N2CCSCC2)CCCC1. The third-order valence-corrected chi connectivity index (χ3v) is 7.51. The quantitative estimate of drug-likeness (QED) is 0.704. The minimum atomic E-state index is -0.655. The van der Waals surface area contributed by atoms with Crippen LogP contribution in [0.3, 0.4) is 0 Å². The van der Waals surface area contributed by atoms with Gasteiger partial charge in [-0.1, -0.05) is 42.1 Å². The first-order valence-electron chi connectivity index (χ1n) is 9.78. The molecule has 0 spiro atoms. The van der Waals surface area contributed by atoms with E-state index < -0.39 is 11.9 Å². The number of hydrogen-bond donors (Lipinski definition) is 2. The van der Waals surface area contributed by atoms with E-state index in [-0.39, 0.29) is 22.0 Å². The van der Waals surface area contributed by atoms with Gasteiger partial charge in [-0.25, -0.2) is 0 Å². The van der Waals surface area contributed by atoms with Crippen LogP contribution < -0.4 is 10.6 Å². The van der Waals surface area contributed by atoms with Gasteiger partial charge in [0.2, 0.25) is 5.91 Å². The molecular formula is C20H27Cl2N3O2S. The maximum atomic E-state index is 12.6. The van der Waals surface area contributed by atoms with Gasteiger partial charge in [0, 0.05) is 36.7 Å². The van der Waals surface area contributed by atoms with Crippen LogP contribution in [0.15, 0.2) is 18.2 Å². The van der Waals surface area contributed by atoms with Gasteiger partial charge < -0.3 is 10.6 Å². The number of hydrogen-bond acceptors (Lipinski definition) is 4. The molecule has 2 amide bonds. The van der Waals surface area contributed by atoms with Crippen molar-refractivity contribution in [1.29, 1.82) is 0 Å². The summed E-state index contributed by atoms with van der Waals surface area (Å²) in [6.45, 7) is 4.49. The van der Waals surface area contributed by atoms with Crippen molar-refractivity contribution < 1.29 is 9.59 Å². The Hall–Kier alpha value is -0.950. The molecule has 8 heteroatoms. The van der Waals surface area contributed by atoms with Gasteiger partial charge >= 0.3 is 0 Å². The van der Waals surface area contributed by atoms with Gasteiger partial charge in [0.15, 0.2) is 0 Å². The molecule has 1 aliphatic carbocycles. The molecule has 1 aromatic rings. The average molecular weight is 444 g/mol. The van der Waals surface area contributed by atoms with Crippen LogP contribution >= 0.6 is 35.0 Å². The lowest BCUT2D eigenvalue weighted by Gasteiger charge is -2.43. The van der Waals surface area contributed by atoms with Crippen molar-refractivity contribution in [3.05, 3.63) is 33.8 Å². The Morgan fingerprint density at radius 1 is 1.21 bits per heavy atom. The molecule has 28 heavy (non-hydrogen) atoms. The Morgan fingerprint density at radius 3 is 2.57 bits per heavy atom. The molecular weight excluding hydrogens is 417 g/mol. The summed E-state index contributed by atoms with van der Waals surface area (Å²) in [4.78, 5) is 27.7. The summed E-state index contributed by atoms with van der Waals surface area (Å²) in [5.74, 6) is 1.73. The number of amides is 2. The molecule has 2 fully saturated rings. The molecule has 1 saturated heterocycles. The molecule has 1 aliphatic heterocycles. The summed E-state index contributed by atoms with van der Waals surface area (Å²) in [7, 11) is 0. The Labute approximate surface area is 180 Å². The van der Waals surface area contributed by atoms with Crippen LogP contribution in [-0.4, -0.2) is 59.4 Å². The highest BCUT2D eigenvalue weighted by molar-refractivity contribution is 7.99. The molecule has 3 rings (SSSR count). The van der Waals surface area contributed by atoms with Gasteiger partial charge in [0.25, 0.3) is 5.91 Å². The van der Waals surface area contributed by atoms with Crippen molar-refractivity contribution in [2.45, 2.75) is 44.2 Å². The Balaban J connectivity index is 1.57. The summed E-state index contributed by atoms with van der Waals surface area (Å²) < 4.78 is 0. The number of halogens is 2. The van der Waals surface area contributed by atoms with E-state index >= 15 is 0 Å². The zero-order valence-electron chi connectivity index (χ0n) is 16.1.